The van der Waals surface area contributed by atoms with Crippen molar-refractivity contribution >= 4 is 12.0 Å². The Morgan fingerprint density at radius 1 is 1.44 bits per heavy atom. The Kier molecular flexibility index (Phi) is 4.90. The van der Waals surface area contributed by atoms with Crippen molar-refractivity contribution in [2.75, 3.05) is 18.0 Å². The van der Waals surface area contributed by atoms with E-state index in [4.69, 9.17) is 10.5 Å². The van der Waals surface area contributed by atoms with Crippen molar-refractivity contribution in [2.45, 2.75) is 13.8 Å². The summed E-state index contributed by atoms with van der Waals surface area (Å²) < 4.78 is 0. The topological polar surface area (TPSA) is 67.9 Å². The van der Waals surface area contributed by atoms with Crippen LogP contribution in [0.15, 0.2) is 18.2 Å². The molecule has 0 saturated heterocycles. The van der Waals surface area contributed by atoms with Crippen molar-refractivity contribution in [3.8, 4) is 12.1 Å². The molecule has 1 aromatic carbocycles. The number of carbonyl (C=O) groups excluding carboxylic acids is 1. The van der Waals surface area contributed by atoms with Crippen molar-refractivity contribution in [3.63, 3.8) is 0 Å². The van der Waals surface area contributed by atoms with Gasteiger partial charge in [0.05, 0.1) is 23.2 Å². The molecule has 0 N–H and O–H groups in total. The van der Waals surface area contributed by atoms with Gasteiger partial charge < -0.3 is 4.90 Å². The number of rotatable bonds is 5. The van der Waals surface area contributed by atoms with Crippen LogP contribution in [-0.4, -0.2) is 19.4 Å². The van der Waals surface area contributed by atoms with E-state index in [1.165, 1.54) is 0 Å². The van der Waals surface area contributed by atoms with Crippen LogP contribution in [0.4, 0.5) is 5.69 Å². The van der Waals surface area contributed by atoms with Crippen LogP contribution in [-0.2, 0) is 0 Å². The predicted octanol–water partition coefficient (Wildman–Crippen LogP) is 2.36. The van der Waals surface area contributed by atoms with E-state index in [0.717, 1.165) is 12.0 Å². The molecule has 0 aromatic heterocycles. The summed E-state index contributed by atoms with van der Waals surface area (Å²) in [7, 11) is 0. The lowest BCUT2D eigenvalue weighted by molar-refractivity contribution is 0.112. The third-order valence-corrected chi connectivity index (χ3v) is 2.71. The number of anilines is 1. The van der Waals surface area contributed by atoms with Crippen LogP contribution in [0.1, 0.15) is 29.8 Å². The Morgan fingerprint density at radius 3 is 2.67 bits per heavy atom. The third-order valence-electron chi connectivity index (χ3n) is 2.71. The fourth-order valence-corrected chi connectivity index (χ4v) is 1.76. The maximum Gasteiger partial charge on any atom is 0.150 e. The molecule has 18 heavy (non-hydrogen) atoms. The number of benzene rings is 1. The molecule has 0 aliphatic rings. The summed E-state index contributed by atoms with van der Waals surface area (Å²) in [5.41, 5.74) is 1.72. The SMILES string of the molecule is CCN(CC(C)C#N)c1ccc(C=O)cc1C#N. The number of nitriles is 2. The van der Waals surface area contributed by atoms with E-state index in [0.29, 0.717) is 24.2 Å². The second-order valence-electron chi connectivity index (χ2n) is 4.08. The van der Waals surface area contributed by atoms with Gasteiger partial charge in [-0.3, -0.25) is 4.79 Å². The van der Waals surface area contributed by atoms with Crippen LogP contribution in [0.2, 0.25) is 0 Å². The standard InChI is InChI=1S/C14H15N3O/c1-3-17(9-11(2)7-15)14-5-4-12(10-18)6-13(14)8-16/h4-6,10-11H,3,9H2,1-2H3. The minimum absolute atomic E-state index is 0.109. The molecule has 0 spiro atoms. The number of nitrogens with zero attached hydrogens (tertiary/aromatic N) is 3. The summed E-state index contributed by atoms with van der Waals surface area (Å²) in [6.07, 6.45) is 0.721. The summed E-state index contributed by atoms with van der Waals surface area (Å²) >= 11 is 0. The van der Waals surface area contributed by atoms with E-state index in [9.17, 15) is 4.79 Å². The maximum absolute atomic E-state index is 10.7. The monoisotopic (exact) mass is 241 g/mol. The van der Waals surface area contributed by atoms with Gasteiger partial charge in [0, 0.05) is 18.7 Å². The molecule has 4 nitrogen and oxygen atoms in total. The summed E-state index contributed by atoms with van der Waals surface area (Å²) in [6.45, 7) is 5.09. The minimum Gasteiger partial charge on any atom is -0.369 e. The van der Waals surface area contributed by atoms with Gasteiger partial charge in [0.2, 0.25) is 0 Å². The lowest BCUT2D eigenvalue weighted by atomic mass is 10.1. The van der Waals surface area contributed by atoms with Crippen LogP contribution in [0.25, 0.3) is 0 Å². The van der Waals surface area contributed by atoms with Gasteiger partial charge in [0.25, 0.3) is 0 Å². The average Bonchev–Trinajstić information content (AvgIpc) is 2.43. The van der Waals surface area contributed by atoms with Crippen molar-refractivity contribution in [1.29, 1.82) is 10.5 Å². The Bertz CT molecular complexity index is 511. The number of aldehydes is 1. The Hall–Kier alpha value is -2.33. The smallest absolute Gasteiger partial charge is 0.150 e. The van der Waals surface area contributed by atoms with Crippen molar-refractivity contribution in [2.24, 2.45) is 5.92 Å². The number of carbonyl (C=O) groups is 1. The predicted molar refractivity (Wildman–Crippen MR) is 69.2 cm³/mol. The maximum atomic E-state index is 10.7. The lowest BCUT2D eigenvalue weighted by Gasteiger charge is -2.25. The highest BCUT2D eigenvalue weighted by atomic mass is 16.1. The molecular formula is C14H15N3O. The first-order valence-electron chi connectivity index (χ1n) is 5.80. The lowest BCUT2D eigenvalue weighted by Crippen LogP contribution is -2.28. The zero-order chi connectivity index (χ0) is 13.5. The minimum atomic E-state index is -0.109. The summed E-state index contributed by atoms with van der Waals surface area (Å²) in [4.78, 5) is 12.7. The molecule has 0 aliphatic heterocycles. The van der Waals surface area contributed by atoms with Gasteiger partial charge in [-0.15, -0.1) is 0 Å². The zero-order valence-electron chi connectivity index (χ0n) is 10.6. The van der Waals surface area contributed by atoms with E-state index in [1.807, 2.05) is 18.7 Å². The molecule has 92 valence electrons. The van der Waals surface area contributed by atoms with Gasteiger partial charge in [-0.1, -0.05) is 0 Å². The second kappa shape index (κ2) is 6.42. The Balaban J connectivity index is 3.10. The van der Waals surface area contributed by atoms with E-state index >= 15 is 0 Å². The molecule has 1 unspecified atom stereocenters. The van der Waals surface area contributed by atoms with Crippen molar-refractivity contribution in [1.82, 2.24) is 0 Å². The largest absolute Gasteiger partial charge is 0.369 e. The molecule has 1 rings (SSSR count). The first-order chi connectivity index (χ1) is 8.65. The second-order valence-corrected chi connectivity index (χ2v) is 4.08. The molecule has 0 saturated carbocycles. The van der Waals surface area contributed by atoms with Gasteiger partial charge in [0.1, 0.15) is 12.4 Å². The summed E-state index contributed by atoms with van der Waals surface area (Å²) in [6, 6.07) is 9.29. The van der Waals surface area contributed by atoms with Crippen LogP contribution >= 0.6 is 0 Å². The molecule has 0 radical (unpaired) electrons. The van der Waals surface area contributed by atoms with Crippen molar-refractivity contribution in [3.05, 3.63) is 29.3 Å². The number of hydrogen-bond acceptors (Lipinski definition) is 4. The molecule has 0 fully saturated rings. The van der Waals surface area contributed by atoms with Crippen LogP contribution < -0.4 is 4.90 Å². The third kappa shape index (κ3) is 3.09. The molecule has 4 heteroatoms. The van der Waals surface area contributed by atoms with Gasteiger partial charge >= 0.3 is 0 Å². The zero-order valence-corrected chi connectivity index (χ0v) is 10.6. The quantitative estimate of drug-likeness (QED) is 0.742. The summed E-state index contributed by atoms with van der Waals surface area (Å²) in [5, 5.41) is 18.0. The first kappa shape index (κ1) is 13.7. The molecule has 0 heterocycles. The molecular weight excluding hydrogens is 226 g/mol. The van der Waals surface area contributed by atoms with E-state index < -0.39 is 0 Å². The highest BCUT2D eigenvalue weighted by Crippen LogP contribution is 2.21. The van der Waals surface area contributed by atoms with Crippen LogP contribution in [0, 0.1) is 28.6 Å². The summed E-state index contributed by atoms with van der Waals surface area (Å²) in [5.74, 6) is -0.109. The molecule has 1 aromatic rings. The van der Waals surface area contributed by atoms with E-state index in [1.54, 1.807) is 18.2 Å². The molecule has 0 amide bonds. The molecule has 0 aliphatic carbocycles. The Labute approximate surface area is 107 Å². The Morgan fingerprint density at radius 2 is 2.17 bits per heavy atom. The van der Waals surface area contributed by atoms with Gasteiger partial charge in [-0.2, -0.15) is 10.5 Å². The highest BCUT2D eigenvalue weighted by molar-refractivity contribution is 5.78. The fourth-order valence-electron chi connectivity index (χ4n) is 1.76. The normalized spacial score (nSPS) is 11.1. The van der Waals surface area contributed by atoms with Crippen LogP contribution in [0.3, 0.4) is 0 Å². The first-order valence-corrected chi connectivity index (χ1v) is 5.80. The van der Waals surface area contributed by atoms with E-state index in [-0.39, 0.29) is 5.92 Å². The van der Waals surface area contributed by atoms with Gasteiger partial charge in [-0.25, -0.2) is 0 Å². The average molecular weight is 241 g/mol. The molecule has 1 atom stereocenters. The fraction of sp³-hybridized carbons (Fsp3) is 0.357. The van der Waals surface area contributed by atoms with Crippen LogP contribution in [0.5, 0.6) is 0 Å². The van der Waals surface area contributed by atoms with Gasteiger partial charge in [0.15, 0.2) is 0 Å². The molecule has 0 bridgehead atoms. The highest BCUT2D eigenvalue weighted by Gasteiger charge is 2.13. The van der Waals surface area contributed by atoms with Gasteiger partial charge in [-0.05, 0) is 32.0 Å². The van der Waals surface area contributed by atoms with E-state index in [2.05, 4.69) is 12.1 Å². The number of hydrogen-bond donors (Lipinski definition) is 0. The van der Waals surface area contributed by atoms with Crippen molar-refractivity contribution < 1.29 is 4.79 Å².